The molecule has 1 aliphatic rings. The molecule has 0 saturated carbocycles. The molecule has 2 aromatic carbocycles. The van der Waals surface area contributed by atoms with Gasteiger partial charge in [-0.1, -0.05) is 53.0 Å². The van der Waals surface area contributed by atoms with Crippen LogP contribution in [0.15, 0.2) is 42.5 Å². The summed E-state index contributed by atoms with van der Waals surface area (Å²) in [5, 5.41) is 3.85. The van der Waals surface area contributed by atoms with Gasteiger partial charge in [0.15, 0.2) is 0 Å². The molecule has 1 saturated heterocycles. The fourth-order valence-corrected chi connectivity index (χ4v) is 3.45. The highest BCUT2D eigenvalue weighted by Crippen LogP contribution is 2.24. The SMILES string of the molecule is Cc1cccc(C(CNC(=O)c2ccc(Cl)c(Cl)c2)N2CCOCC2)c1. The molecule has 6 heteroatoms. The van der Waals surface area contributed by atoms with Crippen molar-refractivity contribution < 1.29 is 9.53 Å². The van der Waals surface area contributed by atoms with Crippen molar-refractivity contribution in [2.45, 2.75) is 13.0 Å². The fraction of sp³-hybridized carbons (Fsp3) is 0.350. The second-order valence-electron chi connectivity index (χ2n) is 6.42. The van der Waals surface area contributed by atoms with Gasteiger partial charge in [-0.05, 0) is 30.7 Å². The first-order chi connectivity index (χ1) is 12.5. The van der Waals surface area contributed by atoms with Gasteiger partial charge in [0.05, 0.1) is 29.3 Å². The van der Waals surface area contributed by atoms with Crippen molar-refractivity contribution in [2.24, 2.45) is 0 Å². The zero-order valence-corrected chi connectivity index (χ0v) is 16.2. The number of carbonyl (C=O) groups excluding carboxylic acids is 1. The summed E-state index contributed by atoms with van der Waals surface area (Å²) in [4.78, 5) is 14.9. The van der Waals surface area contributed by atoms with Crippen molar-refractivity contribution in [3.8, 4) is 0 Å². The number of carbonyl (C=O) groups is 1. The molecule has 1 N–H and O–H groups in total. The van der Waals surface area contributed by atoms with Crippen LogP contribution in [0.1, 0.15) is 27.5 Å². The lowest BCUT2D eigenvalue weighted by atomic mass is 10.0. The highest BCUT2D eigenvalue weighted by Gasteiger charge is 2.23. The quantitative estimate of drug-likeness (QED) is 0.832. The summed E-state index contributed by atoms with van der Waals surface area (Å²) in [7, 11) is 0. The van der Waals surface area contributed by atoms with Gasteiger partial charge in [-0.15, -0.1) is 0 Å². The Morgan fingerprint density at radius 3 is 2.62 bits per heavy atom. The molecule has 138 valence electrons. The minimum absolute atomic E-state index is 0.102. The molecule has 1 amide bonds. The smallest absolute Gasteiger partial charge is 0.251 e. The summed E-state index contributed by atoms with van der Waals surface area (Å²) in [6.07, 6.45) is 0. The van der Waals surface area contributed by atoms with Gasteiger partial charge in [0, 0.05) is 25.2 Å². The Kier molecular flexibility index (Phi) is 6.54. The average molecular weight is 393 g/mol. The number of halogens is 2. The van der Waals surface area contributed by atoms with Crippen LogP contribution in [0.3, 0.4) is 0 Å². The van der Waals surface area contributed by atoms with Gasteiger partial charge in [-0.3, -0.25) is 9.69 Å². The first-order valence-corrected chi connectivity index (χ1v) is 9.42. The van der Waals surface area contributed by atoms with Gasteiger partial charge in [0.2, 0.25) is 0 Å². The molecule has 0 aromatic heterocycles. The lowest BCUT2D eigenvalue weighted by molar-refractivity contribution is 0.0162. The molecule has 1 unspecified atom stereocenters. The standard InChI is InChI=1S/C20H22Cl2N2O2/c1-14-3-2-4-15(11-14)19(24-7-9-26-10-8-24)13-23-20(25)16-5-6-17(21)18(22)12-16/h2-6,11-12,19H,7-10,13H2,1H3,(H,23,25). The predicted octanol–water partition coefficient (Wildman–Crippen LogP) is 4.11. The molecule has 0 aliphatic carbocycles. The molecule has 1 atom stereocenters. The molecule has 0 radical (unpaired) electrons. The Labute approximate surface area is 164 Å². The molecule has 0 spiro atoms. The van der Waals surface area contributed by atoms with E-state index in [0.29, 0.717) is 35.4 Å². The summed E-state index contributed by atoms with van der Waals surface area (Å²) < 4.78 is 5.47. The van der Waals surface area contributed by atoms with E-state index in [4.69, 9.17) is 27.9 Å². The van der Waals surface area contributed by atoms with Crippen LogP contribution in [-0.4, -0.2) is 43.7 Å². The largest absolute Gasteiger partial charge is 0.379 e. The number of morpholine rings is 1. The molecule has 1 heterocycles. The fourth-order valence-electron chi connectivity index (χ4n) is 3.15. The third kappa shape index (κ3) is 4.77. The van der Waals surface area contributed by atoms with E-state index in [0.717, 1.165) is 13.1 Å². The second kappa shape index (κ2) is 8.87. The van der Waals surface area contributed by atoms with Gasteiger partial charge in [0.1, 0.15) is 0 Å². The van der Waals surface area contributed by atoms with Gasteiger partial charge < -0.3 is 10.1 Å². The lowest BCUT2D eigenvalue weighted by Crippen LogP contribution is -2.43. The Morgan fingerprint density at radius 1 is 1.15 bits per heavy atom. The van der Waals surface area contributed by atoms with Crippen LogP contribution >= 0.6 is 23.2 Å². The molecular formula is C20H22Cl2N2O2. The van der Waals surface area contributed by atoms with Crippen LogP contribution in [0.4, 0.5) is 0 Å². The van der Waals surface area contributed by atoms with E-state index >= 15 is 0 Å². The number of rotatable bonds is 5. The molecule has 0 bridgehead atoms. The summed E-state index contributed by atoms with van der Waals surface area (Å²) in [6, 6.07) is 13.4. The monoisotopic (exact) mass is 392 g/mol. The second-order valence-corrected chi connectivity index (χ2v) is 7.23. The normalized spacial score (nSPS) is 16.3. The van der Waals surface area contributed by atoms with Gasteiger partial charge in [-0.25, -0.2) is 0 Å². The summed E-state index contributed by atoms with van der Waals surface area (Å²) in [5.74, 6) is -0.158. The van der Waals surface area contributed by atoms with E-state index in [1.165, 1.54) is 11.1 Å². The molecule has 1 fully saturated rings. The molecule has 26 heavy (non-hydrogen) atoms. The summed E-state index contributed by atoms with van der Waals surface area (Å²) in [5.41, 5.74) is 2.90. The third-order valence-corrected chi connectivity index (χ3v) is 5.29. The Bertz CT molecular complexity index is 776. The number of aryl methyl sites for hydroxylation is 1. The van der Waals surface area contributed by atoms with Crippen LogP contribution in [0.25, 0.3) is 0 Å². The van der Waals surface area contributed by atoms with Gasteiger partial charge >= 0.3 is 0 Å². The number of nitrogens with one attached hydrogen (secondary N) is 1. The number of hydrogen-bond donors (Lipinski definition) is 1. The van der Waals surface area contributed by atoms with Gasteiger partial charge in [0.25, 0.3) is 5.91 Å². The number of nitrogens with zero attached hydrogens (tertiary/aromatic N) is 1. The first-order valence-electron chi connectivity index (χ1n) is 8.66. The highest BCUT2D eigenvalue weighted by atomic mass is 35.5. The topological polar surface area (TPSA) is 41.6 Å². The maximum atomic E-state index is 12.5. The predicted molar refractivity (Wildman–Crippen MR) is 105 cm³/mol. The summed E-state index contributed by atoms with van der Waals surface area (Å²) in [6.45, 7) is 5.71. The molecule has 3 rings (SSSR count). The van der Waals surface area contributed by atoms with Crippen LogP contribution in [0.5, 0.6) is 0 Å². The third-order valence-electron chi connectivity index (χ3n) is 4.55. The van der Waals surface area contributed by atoms with Crippen molar-refractivity contribution in [1.82, 2.24) is 10.2 Å². The van der Waals surface area contributed by atoms with Crippen LogP contribution in [0.2, 0.25) is 10.0 Å². The van der Waals surface area contributed by atoms with Crippen molar-refractivity contribution >= 4 is 29.1 Å². The van der Waals surface area contributed by atoms with E-state index in [9.17, 15) is 4.79 Å². The molecular weight excluding hydrogens is 371 g/mol. The average Bonchev–Trinajstić information content (AvgIpc) is 2.65. The zero-order chi connectivity index (χ0) is 18.5. The minimum atomic E-state index is -0.158. The number of amides is 1. The van der Waals surface area contributed by atoms with Crippen molar-refractivity contribution in [3.05, 3.63) is 69.2 Å². The van der Waals surface area contributed by atoms with E-state index in [-0.39, 0.29) is 11.9 Å². The Balaban J connectivity index is 1.74. The van der Waals surface area contributed by atoms with Crippen LogP contribution in [-0.2, 0) is 4.74 Å². The highest BCUT2D eigenvalue weighted by molar-refractivity contribution is 6.42. The van der Waals surface area contributed by atoms with Crippen molar-refractivity contribution in [1.29, 1.82) is 0 Å². The van der Waals surface area contributed by atoms with Crippen molar-refractivity contribution in [2.75, 3.05) is 32.8 Å². The van der Waals surface area contributed by atoms with Crippen LogP contribution in [0, 0.1) is 6.92 Å². The van der Waals surface area contributed by atoms with Gasteiger partial charge in [-0.2, -0.15) is 0 Å². The van der Waals surface area contributed by atoms with Crippen molar-refractivity contribution in [3.63, 3.8) is 0 Å². The molecule has 2 aromatic rings. The van der Waals surface area contributed by atoms with Crippen LogP contribution < -0.4 is 5.32 Å². The Morgan fingerprint density at radius 2 is 1.92 bits per heavy atom. The summed E-state index contributed by atoms with van der Waals surface area (Å²) >= 11 is 11.9. The number of benzene rings is 2. The lowest BCUT2D eigenvalue weighted by Gasteiger charge is -2.35. The van der Waals surface area contributed by atoms with E-state index in [2.05, 4.69) is 41.4 Å². The van der Waals surface area contributed by atoms with E-state index < -0.39 is 0 Å². The molecule has 1 aliphatic heterocycles. The Hall–Kier alpha value is -1.59. The minimum Gasteiger partial charge on any atom is -0.379 e. The maximum absolute atomic E-state index is 12.5. The number of ether oxygens (including phenoxy) is 1. The first kappa shape index (κ1) is 19.2. The molecule has 4 nitrogen and oxygen atoms in total. The number of hydrogen-bond acceptors (Lipinski definition) is 3. The van der Waals surface area contributed by atoms with E-state index in [1.807, 2.05) is 0 Å². The zero-order valence-electron chi connectivity index (χ0n) is 14.7. The maximum Gasteiger partial charge on any atom is 0.251 e. The van der Waals surface area contributed by atoms with E-state index in [1.54, 1.807) is 18.2 Å².